The van der Waals surface area contributed by atoms with Gasteiger partial charge in [0.05, 0.1) is 0 Å². The van der Waals surface area contributed by atoms with Gasteiger partial charge in [0, 0.05) is 10.0 Å². The summed E-state index contributed by atoms with van der Waals surface area (Å²) in [5.41, 5.74) is 0.833. The van der Waals surface area contributed by atoms with Gasteiger partial charge in [0.1, 0.15) is 6.21 Å². The number of benzene rings is 1. The van der Waals surface area contributed by atoms with Crippen LogP contribution in [-0.2, 0) is 4.84 Å². The fraction of sp³-hybridized carbons (Fsp3) is 0.100. The van der Waals surface area contributed by atoms with Gasteiger partial charge in [0.25, 0.3) is 0 Å². The monoisotopic (exact) mass is 236 g/mol. The summed E-state index contributed by atoms with van der Waals surface area (Å²) in [4.78, 5) is 4.70. The molecule has 0 aliphatic rings. The molecular weight excluding hydrogens is 230 g/mol. The van der Waals surface area contributed by atoms with Crippen LogP contribution in [0.4, 0.5) is 0 Å². The Balaban J connectivity index is 2.59. The molecule has 1 rings (SSSR count). The first-order chi connectivity index (χ1) is 6.34. The second-order valence-electron chi connectivity index (χ2n) is 2.16. The van der Waals surface area contributed by atoms with E-state index in [-0.39, 0.29) is 6.61 Å². The summed E-state index contributed by atoms with van der Waals surface area (Å²) in [6.07, 6.45) is 7.67. The number of hydrogen-bond acceptors (Lipinski definition) is 2. The van der Waals surface area contributed by atoms with E-state index in [0.29, 0.717) is 0 Å². The number of halogens is 1. The Morgan fingerprint density at radius 2 is 2.23 bits per heavy atom. The summed E-state index contributed by atoms with van der Waals surface area (Å²) in [5.74, 6) is 2.30. The van der Waals surface area contributed by atoms with Crippen molar-refractivity contribution in [2.75, 3.05) is 6.61 Å². The van der Waals surface area contributed by atoms with Gasteiger partial charge in [0.15, 0.2) is 6.61 Å². The van der Waals surface area contributed by atoms with Crippen molar-refractivity contribution < 1.29 is 4.84 Å². The average Bonchev–Trinajstić information content (AvgIpc) is 2.15. The predicted molar refractivity (Wildman–Crippen MR) is 55.5 cm³/mol. The second kappa shape index (κ2) is 5.39. The molecule has 0 aromatic heterocycles. The third-order valence-electron chi connectivity index (χ3n) is 1.25. The van der Waals surface area contributed by atoms with Crippen LogP contribution in [0.15, 0.2) is 33.9 Å². The molecule has 1 radical (unpaired) electrons. The Kier molecular flexibility index (Phi) is 4.07. The van der Waals surface area contributed by atoms with Gasteiger partial charge in [0.2, 0.25) is 0 Å². The van der Waals surface area contributed by atoms with Crippen molar-refractivity contribution in [2.24, 2.45) is 5.16 Å². The minimum atomic E-state index is 0.164. The normalized spacial score (nSPS) is 9.85. The lowest BCUT2D eigenvalue weighted by molar-refractivity contribution is 0.181. The van der Waals surface area contributed by atoms with E-state index in [9.17, 15) is 0 Å². The van der Waals surface area contributed by atoms with E-state index in [4.69, 9.17) is 11.3 Å². The summed E-state index contributed by atoms with van der Waals surface area (Å²) in [5, 5.41) is 3.57. The largest absolute Gasteiger partial charge is 0.382 e. The van der Waals surface area contributed by atoms with Crippen LogP contribution in [0.25, 0.3) is 0 Å². The van der Waals surface area contributed by atoms with Gasteiger partial charge in [-0.2, -0.15) is 0 Å². The molecule has 0 N–H and O–H groups in total. The number of nitrogens with zero attached hydrogens (tertiary/aromatic N) is 1. The molecule has 0 saturated heterocycles. The predicted octanol–water partition coefficient (Wildman–Crippen LogP) is 2.31. The smallest absolute Gasteiger partial charge is 0.177 e. The highest BCUT2D eigenvalue weighted by Crippen LogP contribution is 2.13. The highest BCUT2D eigenvalue weighted by molar-refractivity contribution is 9.10. The van der Waals surface area contributed by atoms with E-state index in [0.717, 1.165) is 10.0 Å². The van der Waals surface area contributed by atoms with Crippen LogP contribution in [-0.4, -0.2) is 12.8 Å². The number of terminal acetylenes is 1. The Morgan fingerprint density at radius 1 is 1.46 bits per heavy atom. The first-order valence-electron chi connectivity index (χ1n) is 3.60. The fourth-order valence-corrected chi connectivity index (χ4v) is 1.08. The van der Waals surface area contributed by atoms with Gasteiger partial charge in [-0.3, -0.25) is 0 Å². The van der Waals surface area contributed by atoms with Crippen LogP contribution < -0.4 is 0 Å². The molecule has 0 unspecified atom stereocenters. The Hall–Kier alpha value is -1.27. The number of rotatable bonds is 3. The molecule has 1 aromatic carbocycles. The molecule has 0 bridgehead atoms. The molecule has 0 amide bonds. The van der Waals surface area contributed by atoms with Crippen molar-refractivity contribution in [2.45, 2.75) is 0 Å². The van der Waals surface area contributed by atoms with Crippen molar-refractivity contribution in [3.63, 3.8) is 0 Å². The molecule has 0 aliphatic carbocycles. The summed E-state index contributed by atoms with van der Waals surface area (Å²) in [7, 11) is 0. The van der Waals surface area contributed by atoms with E-state index < -0.39 is 0 Å². The Labute approximate surface area is 85.7 Å². The third-order valence-corrected chi connectivity index (χ3v) is 1.94. The van der Waals surface area contributed by atoms with Crippen molar-refractivity contribution in [1.82, 2.24) is 0 Å². The van der Waals surface area contributed by atoms with Crippen LogP contribution in [0, 0.1) is 12.3 Å². The highest BCUT2D eigenvalue weighted by atomic mass is 79.9. The first kappa shape index (κ1) is 9.82. The maximum absolute atomic E-state index is 4.97. The molecule has 0 heterocycles. The molecule has 0 spiro atoms. The molecule has 65 valence electrons. The van der Waals surface area contributed by atoms with Gasteiger partial charge in [-0.25, -0.2) is 0 Å². The van der Waals surface area contributed by atoms with Crippen LogP contribution >= 0.6 is 15.9 Å². The highest BCUT2D eigenvalue weighted by Gasteiger charge is 1.93. The van der Waals surface area contributed by atoms with E-state index in [1.165, 1.54) is 0 Å². The second-order valence-corrected chi connectivity index (χ2v) is 3.01. The maximum atomic E-state index is 4.97. The van der Waals surface area contributed by atoms with E-state index in [1.54, 1.807) is 0 Å². The lowest BCUT2D eigenvalue weighted by Gasteiger charge is -1.94. The Bertz CT molecular complexity index is 341. The van der Waals surface area contributed by atoms with Gasteiger partial charge < -0.3 is 4.84 Å². The van der Waals surface area contributed by atoms with Crippen molar-refractivity contribution in [3.05, 3.63) is 34.3 Å². The van der Waals surface area contributed by atoms with Crippen LogP contribution in [0.3, 0.4) is 0 Å². The quantitative estimate of drug-likeness (QED) is 0.342. The van der Waals surface area contributed by atoms with Crippen LogP contribution in [0.5, 0.6) is 0 Å². The molecule has 1 aromatic rings. The fourth-order valence-electron chi connectivity index (χ4n) is 0.703. The third kappa shape index (κ3) is 3.30. The lowest BCUT2D eigenvalue weighted by Crippen LogP contribution is -1.86. The Morgan fingerprint density at radius 3 is 2.92 bits per heavy atom. The van der Waals surface area contributed by atoms with Gasteiger partial charge in [-0.15, -0.1) is 6.42 Å². The molecule has 13 heavy (non-hydrogen) atoms. The van der Waals surface area contributed by atoms with Crippen molar-refractivity contribution >= 4 is 22.1 Å². The molecule has 0 fully saturated rings. The molecule has 2 nitrogen and oxygen atoms in total. The molecule has 3 heteroatoms. The molecular formula is C10H7BrNO. The van der Waals surface area contributed by atoms with E-state index in [1.807, 2.05) is 24.3 Å². The summed E-state index contributed by atoms with van der Waals surface area (Å²) < 4.78 is 0.919. The topological polar surface area (TPSA) is 21.6 Å². The number of hydrogen-bond donors (Lipinski definition) is 0. The minimum Gasteiger partial charge on any atom is -0.382 e. The zero-order valence-electron chi connectivity index (χ0n) is 6.83. The molecule has 0 saturated carbocycles. The van der Waals surface area contributed by atoms with Gasteiger partial charge in [-0.05, 0) is 6.07 Å². The summed E-state index contributed by atoms with van der Waals surface area (Å²) in [6.45, 7) is 0.164. The van der Waals surface area contributed by atoms with Gasteiger partial charge >= 0.3 is 0 Å². The maximum Gasteiger partial charge on any atom is 0.177 e. The summed E-state index contributed by atoms with van der Waals surface area (Å²) in [6, 6.07) is 7.58. The first-order valence-corrected chi connectivity index (χ1v) is 4.40. The molecule has 0 aliphatic heterocycles. The lowest BCUT2D eigenvalue weighted by atomic mass is 10.2. The van der Waals surface area contributed by atoms with Crippen LogP contribution in [0.2, 0.25) is 0 Å². The van der Waals surface area contributed by atoms with E-state index >= 15 is 0 Å². The minimum absolute atomic E-state index is 0.164. The van der Waals surface area contributed by atoms with Gasteiger partial charge in [-0.1, -0.05) is 45.2 Å². The van der Waals surface area contributed by atoms with E-state index in [2.05, 4.69) is 33.2 Å². The average molecular weight is 237 g/mol. The van der Waals surface area contributed by atoms with Crippen molar-refractivity contribution in [3.8, 4) is 12.3 Å². The molecule has 0 atom stereocenters. The van der Waals surface area contributed by atoms with Crippen molar-refractivity contribution in [1.29, 1.82) is 0 Å². The standard InChI is InChI=1S/C10H7BrNO/c1-2-7-13-12-8-9-5-3-4-6-10(9)11/h1,3-6H,7H2. The SMILES string of the molecule is C#CCON=[C]c1ccccc1Br. The van der Waals surface area contributed by atoms with Crippen LogP contribution in [0.1, 0.15) is 5.56 Å². The summed E-state index contributed by atoms with van der Waals surface area (Å²) >= 11 is 3.35. The zero-order chi connectivity index (χ0) is 9.52. The zero-order valence-corrected chi connectivity index (χ0v) is 8.41.